The highest BCUT2D eigenvalue weighted by atomic mass is 35.5. The molecule has 0 aliphatic carbocycles. The number of methoxy groups -OCH3 is 1. The number of nitrogens with one attached hydrogen (secondary N) is 1. The maximum Gasteiger partial charge on any atom is 0.264 e. The van der Waals surface area contributed by atoms with E-state index in [-0.39, 0.29) is 34.5 Å². The van der Waals surface area contributed by atoms with Gasteiger partial charge in [0.15, 0.2) is 0 Å². The molecule has 0 radical (unpaired) electrons. The number of carbonyl (C=O) groups is 2. The fourth-order valence-corrected chi connectivity index (χ4v) is 6.64. The van der Waals surface area contributed by atoms with Gasteiger partial charge in [-0.1, -0.05) is 72.9 Å². The summed E-state index contributed by atoms with van der Waals surface area (Å²) in [6.45, 7) is 1.65. The summed E-state index contributed by atoms with van der Waals surface area (Å²) in [5, 5.41) is 3.52. The molecule has 4 rings (SSSR count). The van der Waals surface area contributed by atoms with Crippen molar-refractivity contribution in [1.82, 2.24) is 10.2 Å². The Morgan fingerprint density at radius 2 is 1.57 bits per heavy atom. The molecule has 0 bridgehead atoms. The van der Waals surface area contributed by atoms with E-state index in [1.165, 1.54) is 48.4 Å². The average molecular weight is 701 g/mol. The SMILES string of the molecule is CCCCNC(=O)[C@@H](Cc1ccccc1)N(Cc1ccc(Cl)c(Cl)c1)C(=O)CN(c1ccc(F)cc1)S(=O)(=O)c1ccc(OC)cc1. The van der Waals surface area contributed by atoms with Gasteiger partial charge >= 0.3 is 0 Å². The number of carbonyl (C=O) groups excluding carboxylic acids is 2. The first-order valence-corrected chi connectivity index (χ1v) is 17.2. The van der Waals surface area contributed by atoms with Crippen molar-refractivity contribution in [2.75, 3.05) is 24.5 Å². The summed E-state index contributed by atoms with van der Waals surface area (Å²) in [6, 6.07) is 23.6. The molecule has 47 heavy (non-hydrogen) atoms. The van der Waals surface area contributed by atoms with Crippen LogP contribution < -0.4 is 14.4 Å². The van der Waals surface area contributed by atoms with Crippen LogP contribution in [0.5, 0.6) is 5.75 Å². The number of hydrogen-bond donors (Lipinski definition) is 1. The van der Waals surface area contributed by atoms with Gasteiger partial charge in [-0.25, -0.2) is 12.8 Å². The van der Waals surface area contributed by atoms with Crippen molar-refractivity contribution in [2.45, 2.75) is 43.7 Å². The highest BCUT2D eigenvalue weighted by molar-refractivity contribution is 7.92. The third kappa shape index (κ3) is 9.47. The van der Waals surface area contributed by atoms with Gasteiger partial charge in [0.1, 0.15) is 24.2 Å². The summed E-state index contributed by atoms with van der Waals surface area (Å²) < 4.78 is 48.2. The molecule has 0 spiro atoms. The van der Waals surface area contributed by atoms with Crippen molar-refractivity contribution in [1.29, 1.82) is 0 Å². The third-order valence-electron chi connectivity index (χ3n) is 7.48. The Balaban J connectivity index is 1.80. The standard InChI is InChI=1S/C35H36Cl2FN3O5S/c1-3-4-20-39-35(43)33(22-25-8-6-5-7-9-25)40(23-26-10-19-31(36)32(37)21-26)34(42)24-41(28-13-11-27(38)12-14-28)47(44,45)30-17-15-29(46-2)16-18-30/h5-19,21,33H,3-4,20,22-24H2,1-2H3,(H,39,43)/t33-/m1/s1. The van der Waals surface area contributed by atoms with Crippen LogP contribution in [0, 0.1) is 5.82 Å². The minimum atomic E-state index is -4.36. The normalized spacial score (nSPS) is 11.9. The van der Waals surface area contributed by atoms with Crippen molar-refractivity contribution in [3.8, 4) is 5.75 Å². The number of rotatable bonds is 15. The van der Waals surface area contributed by atoms with Crippen LogP contribution in [0.4, 0.5) is 10.1 Å². The minimum absolute atomic E-state index is 0.0667. The van der Waals surface area contributed by atoms with E-state index >= 15 is 0 Å². The van der Waals surface area contributed by atoms with Crippen LogP contribution in [-0.2, 0) is 32.6 Å². The van der Waals surface area contributed by atoms with Crippen LogP contribution in [0.25, 0.3) is 0 Å². The molecule has 248 valence electrons. The fourth-order valence-electron chi connectivity index (χ4n) is 4.91. The van der Waals surface area contributed by atoms with Gasteiger partial charge in [0.2, 0.25) is 11.8 Å². The number of ether oxygens (including phenoxy) is 1. The first-order valence-electron chi connectivity index (χ1n) is 15.0. The van der Waals surface area contributed by atoms with Crippen molar-refractivity contribution < 1.29 is 27.1 Å². The van der Waals surface area contributed by atoms with Gasteiger partial charge in [0.05, 0.1) is 27.7 Å². The maximum atomic E-state index is 14.5. The van der Waals surface area contributed by atoms with Gasteiger partial charge in [0, 0.05) is 19.5 Å². The molecule has 1 atom stereocenters. The molecule has 4 aromatic rings. The van der Waals surface area contributed by atoms with Crippen LogP contribution in [0.3, 0.4) is 0 Å². The van der Waals surface area contributed by atoms with Crippen molar-refractivity contribution >= 4 is 50.7 Å². The third-order valence-corrected chi connectivity index (χ3v) is 10.0. The van der Waals surface area contributed by atoms with Crippen LogP contribution in [0.2, 0.25) is 10.0 Å². The van der Waals surface area contributed by atoms with Gasteiger partial charge in [0.25, 0.3) is 10.0 Å². The number of sulfonamides is 1. The number of hydrogen-bond acceptors (Lipinski definition) is 5. The van der Waals surface area contributed by atoms with E-state index in [0.29, 0.717) is 22.9 Å². The molecule has 0 fully saturated rings. The Kier molecular flexibility index (Phi) is 12.6. The first-order chi connectivity index (χ1) is 22.5. The molecular formula is C35H36Cl2FN3O5S. The Morgan fingerprint density at radius 1 is 0.894 bits per heavy atom. The summed E-state index contributed by atoms with van der Waals surface area (Å²) in [5.74, 6) is -1.18. The van der Waals surface area contributed by atoms with Gasteiger partial charge in [-0.15, -0.1) is 0 Å². The first kappa shape index (κ1) is 35.7. The molecule has 0 aromatic heterocycles. The predicted octanol–water partition coefficient (Wildman–Crippen LogP) is 6.89. The number of anilines is 1. The second-order valence-corrected chi connectivity index (χ2v) is 13.5. The molecule has 1 N–H and O–H groups in total. The summed E-state index contributed by atoms with van der Waals surface area (Å²) >= 11 is 12.5. The molecule has 0 unspecified atom stereocenters. The lowest BCUT2D eigenvalue weighted by Crippen LogP contribution is -2.53. The molecule has 0 aliphatic heterocycles. The van der Waals surface area contributed by atoms with Crippen molar-refractivity contribution in [3.63, 3.8) is 0 Å². The van der Waals surface area contributed by atoms with E-state index in [1.54, 1.807) is 18.2 Å². The smallest absolute Gasteiger partial charge is 0.264 e. The van der Waals surface area contributed by atoms with Gasteiger partial charge in [-0.2, -0.15) is 0 Å². The van der Waals surface area contributed by atoms with Crippen LogP contribution >= 0.6 is 23.2 Å². The Labute approximate surface area is 285 Å². The van der Waals surface area contributed by atoms with Crippen molar-refractivity contribution in [3.05, 3.63) is 124 Å². The summed E-state index contributed by atoms with van der Waals surface area (Å²) in [4.78, 5) is 29.5. The molecule has 0 saturated heterocycles. The lowest BCUT2D eigenvalue weighted by Gasteiger charge is -2.34. The molecule has 0 saturated carbocycles. The molecule has 12 heteroatoms. The zero-order valence-corrected chi connectivity index (χ0v) is 28.4. The highest BCUT2D eigenvalue weighted by Gasteiger charge is 2.34. The predicted molar refractivity (Wildman–Crippen MR) is 183 cm³/mol. The number of amides is 2. The fraction of sp³-hybridized carbons (Fsp3) is 0.257. The lowest BCUT2D eigenvalue weighted by molar-refractivity contribution is -0.140. The Morgan fingerprint density at radius 3 is 2.19 bits per heavy atom. The Hall–Kier alpha value is -4.12. The van der Waals surface area contributed by atoms with Gasteiger partial charge in [-0.05, 0) is 78.2 Å². The van der Waals surface area contributed by atoms with Gasteiger partial charge in [-0.3, -0.25) is 13.9 Å². The largest absolute Gasteiger partial charge is 0.497 e. The minimum Gasteiger partial charge on any atom is -0.497 e. The summed E-state index contributed by atoms with van der Waals surface area (Å²) in [7, 11) is -2.90. The second-order valence-electron chi connectivity index (χ2n) is 10.8. The van der Waals surface area contributed by atoms with Crippen LogP contribution in [-0.4, -0.2) is 51.4 Å². The van der Waals surface area contributed by atoms with E-state index < -0.39 is 34.3 Å². The highest BCUT2D eigenvalue weighted by Crippen LogP contribution is 2.28. The van der Waals surface area contributed by atoms with E-state index in [4.69, 9.17) is 27.9 Å². The molecule has 2 amide bonds. The number of unbranched alkanes of at least 4 members (excludes halogenated alkanes) is 1. The monoisotopic (exact) mass is 699 g/mol. The van der Waals surface area contributed by atoms with E-state index in [0.717, 1.165) is 34.8 Å². The zero-order chi connectivity index (χ0) is 34.0. The quantitative estimate of drug-likeness (QED) is 0.136. The van der Waals surface area contributed by atoms with E-state index in [1.807, 2.05) is 37.3 Å². The maximum absolute atomic E-state index is 14.5. The molecule has 0 heterocycles. The van der Waals surface area contributed by atoms with E-state index in [2.05, 4.69) is 5.32 Å². The summed E-state index contributed by atoms with van der Waals surface area (Å²) in [6.07, 6.45) is 1.75. The Bertz CT molecular complexity index is 1760. The van der Waals surface area contributed by atoms with E-state index in [9.17, 15) is 22.4 Å². The molecule has 8 nitrogen and oxygen atoms in total. The molecule has 0 aliphatic rings. The lowest BCUT2D eigenvalue weighted by atomic mass is 10.0. The number of nitrogens with zero attached hydrogens (tertiary/aromatic N) is 2. The number of halogens is 3. The zero-order valence-electron chi connectivity index (χ0n) is 26.0. The topological polar surface area (TPSA) is 96.0 Å². The van der Waals surface area contributed by atoms with Gasteiger partial charge < -0.3 is 15.0 Å². The average Bonchev–Trinajstić information content (AvgIpc) is 3.07. The van der Waals surface area contributed by atoms with Crippen molar-refractivity contribution in [2.24, 2.45) is 0 Å². The van der Waals surface area contributed by atoms with Crippen LogP contribution in [0.1, 0.15) is 30.9 Å². The molecule has 4 aromatic carbocycles. The molecular weight excluding hydrogens is 664 g/mol. The second kappa shape index (κ2) is 16.6. The number of benzene rings is 4. The van der Waals surface area contributed by atoms with Crippen LogP contribution in [0.15, 0.2) is 102 Å². The summed E-state index contributed by atoms with van der Waals surface area (Å²) in [5.41, 5.74) is 1.45.